The first-order valence-electron chi connectivity index (χ1n) is 5.95. The quantitative estimate of drug-likeness (QED) is 0.821. The number of rotatable bonds is 6. The number of nitrogens with two attached hydrogens (primary N) is 1. The van der Waals surface area contributed by atoms with Crippen molar-refractivity contribution >= 4 is 15.7 Å². The van der Waals surface area contributed by atoms with E-state index in [0.29, 0.717) is 5.69 Å². The summed E-state index contributed by atoms with van der Waals surface area (Å²) in [5.41, 5.74) is 6.79. The third-order valence-electron chi connectivity index (χ3n) is 2.72. The van der Waals surface area contributed by atoms with Gasteiger partial charge in [-0.05, 0) is 24.1 Å². The molecular weight excluding hydrogens is 293 g/mol. The number of sulfonamides is 1. The maximum atomic E-state index is 12.0. The fourth-order valence-electron chi connectivity index (χ4n) is 1.59. The number of alkyl halides is 3. The first-order valence-corrected chi connectivity index (χ1v) is 7.56. The molecule has 0 amide bonds. The molecule has 114 valence electrons. The molecule has 0 saturated carbocycles. The molecule has 20 heavy (non-hydrogen) atoms. The van der Waals surface area contributed by atoms with E-state index in [0.717, 1.165) is 9.87 Å². The Hall–Kier alpha value is -1.28. The van der Waals surface area contributed by atoms with E-state index in [4.69, 9.17) is 5.73 Å². The molecule has 0 aliphatic heterocycles. The largest absolute Gasteiger partial charge is 0.399 e. The number of anilines is 1. The van der Waals surface area contributed by atoms with Crippen LogP contribution < -0.4 is 5.73 Å². The van der Waals surface area contributed by atoms with E-state index in [2.05, 4.69) is 0 Å². The van der Waals surface area contributed by atoms with Crippen molar-refractivity contribution in [2.75, 3.05) is 18.5 Å². The van der Waals surface area contributed by atoms with Crippen molar-refractivity contribution < 1.29 is 21.6 Å². The second-order valence-corrected chi connectivity index (χ2v) is 6.73. The third-order valence-corrected chi connectivity index (χ3v) is 4.61. The zero-order chi connectivity index (χ0) is 15.4. The van der Waals surface area contributed by atoms with Gasteiger partial charge >= 0.3 is 6.18 Å². The summed E-state index contributed by atoms with van der Waals surface area (Å²) in [6.07, 6.45) is -5.86. The Morgan fingerprint density at radius 1 is 1.20 bits per heavy atom. The lowest BCUT2D eigenvalue weighted by molar-refractivity contribution is -0.134. The lowest BCUT2D eigenvalue weighted by atomic mass is 10.2. The summed E-state index contributed by atoms with van der Waals surface area (Å²) in [7, 11) is -2.34. The van der Waals surface area contributed by atoms with E-state index in [1.807, 2.05) is 0 Å². The van der Waals surface area contributed by atoms with Gasteiger partial charge in [0, 0.05) is 25.7 Å². The fraction of sp³-hybridized carbons (Fsp3) is 0.500. The molecule has 0 unspecified atom stereocenters. The number of benzene rings is 1. The highest BCUT2D eigenvalue weighted by atomic mass is 32.2. The number of hydrogen-bond acceptors (Lipinski definition) is 3. The SMILES string of the molecule is CN(Cc1ccc(N)cc1)S(=O)(=O)CCCC(F)(F)F. The number of nitrogen functional groups attached to an aromatic ring is 1. The normalized spacial score (nSPS) is 12.8. The van der Waals surface area contributed by atoms with Crippen LogP contribution in [0.2, 0.25) is 0 Å². The van der Waals surface area contributed by atoms with Crippen LogP contribution in [0, 0.1) is 0 Å². The van der Waals surface area contributed by atoms with Gasteiger partial charge in [0.05, 0.1) is 5.75 Å². The molecule has 0 atom stereocenters. The molecule has 0 aromatic heterocycles. The summed E-state index contributed by atoms with van der Waals surface area (Å²) in [4.78, 5) is 0. The Morgan fingerprint density at radius 2 is 1.75 bits per heavy atom. The molecule has 0 spiro atoms. The van der Waals surface area contributed by atoms with Gasteiger partial charge in [0.25, 0.3) is 0 Å². The van der Waals surface area contributed by atoms with Crippen LogP contribution in [-0.2, 0) is 16.6 Å². The minimum absolute atomic E-state index is 0.106. The lowest BCUT2D eigenvalue weighted by Crippen LogP contribution is -2.29. The molecule has 1 aromatic rings. The molecule has 0 radical (unpaired) electrons. The number of hydrogen-bond donors (Lipinski definition) is 1. The summed E-state index contributed by atoms with van der Waals surface area (Å²) in [6, 6.07) is 6.63. The van der Waals surface area contributed by atoms with Crippen LogP contribution in [0.15, 0.2) is 24.3 Å². The highest BCUT2D eigenvalue weighted by Gasteiger charge is 2.28. The average Bonchev–Trinajstić information content (AvgIpc) is 2.30. The maximum absolute atomic E-state index is 12.0. The molecule has 0 heterocycles. The lowest BCUT2D eigenvalue weighted by Gasteiger charge is -2.17. The smallest absolute Gasteiger partial charge is 0.389 e. The van der Waals surface area contributed by atoms with Gasteiger partial charge in [-0.2, -0.15) is 13.2 Å². The minimum atomic E-state index is -4.33. The first-order chi connectivity index (χ1) is 9.10. The second-order valence-electron chi connectivity index (χ2n) is 4.53. The molecule has 2 N–H and O–H groups in total. The summed E-state index contributed by atoms with van der Waals surface area (Å²) in [5, 5.41) is 0. The Bertz CT molecular complexity index is 527. The van der Waals surface area contributed by atoms with Crippen molar-refractivity contribution in [3.63, 3.8) is 0 Å². The van der Waals surface area contributed by atoms with Crippen molar-refractivity contribution in [3.8, 4) is 0 Å². The van der Waals surface area contributed by atoms with E-state index in [1.54, 1.807) is 24.3 Å². The van der Waals surface area contributed by atoms with Crippen molar-refractivity contribution in [3.05, 3.63) is 29.8 Å². The predicted molar refractivity (Wildman–Crippen MR) is 71.4 cm³/mol. The maximum Gasteiger partial charge on any atom is 0.389 e. The summed E-state index contributed by atoms with van der Waals surface area (Å²) >= 11 is 0. The Kier molecular flexibility index (Phi) is 5.41. The van der Waals surface area contributed by atoms with Crippen molar-refractivity contribution in [1.82, 2.24) is 4.31 Å². The van der Waals surface area contributed by atoms with Crippen LogP contribution in [0.3, 0.4) is 0 Å². The molecule has 1 aromatic carbocycles. The summed E-state index contributed by atoms with van der Waals surface area (Å²) in [6.45, 7) is 0.106. The molecule has 0 fully saturated rings. The zero-order valence-corrected chi connectivity index (χ0v) is 11.8. The summed E-state index contributed by atoms with van der Waals surface area (Å²) in [5.74, 6) is -0.516. The van der Waals surface area contributed by atoms with Gasteiger partial charge in [-0.25, -0.2) is 12.7 Å². The van der Waals surface area contributed by atoms with Gasteiger partial charge in [-0.15, -0.1) is 0 Å². The van der Waals surface area contributed by atoms with Crippen molar-refractivity contribution in [2.45, 2.75) is 25.6 Å². The van der Waals surface area contributed by atoms with Crippen LogP contribution >= 0.6 is 0 Å². The van der Waals surface area contributed by atoms with Crippen molar-refractivity contribution in [1.29, 1.82) is 0 Å². The van der Waals surface area contributed by atoms with Gasteiger partial charge < -0.3 is 5.73 Å². The Morgan fingerprint density at radius 3 is 2.25 bits per heavy atom. The van der Waals surface area contributed by atoms with E-state index < -0.39 is 34.8 Å². The first kappa shape index (κ1) is 16.8. The Labute approximate surface area is 116 Å². The fourth-order valence-corrected chi connectivity index (χ4v) is 2.76. The molecule has 0 bridgehead atoms. The van der Waals surface area contributed by atoms with Crippen molar-refractivity contribution in [2.24, 2.45) is 0 Å². The van der Waals surface area contributed by atoms with Crippen LogP contribution in [0.25, 0.3) is 0 Å². The zero-order valence-electron chi connectivity index (χ0n) is 11.0. The highest BCUT2D eigenvalue weighted by molar-refractivity contribution is 7.89. The second kappa shape index (κ2) is 6.45. The number of halogens is 3. The van der Waals surface area contributed by atoms with E-state index in [1.165, 1.54) is 7.05 Å². The minimum Gasteiger partial charge on any atom is -0.399 e. The average molecular weight is 310 g/mol. The molecule has 4 nitrogen and oxygen atoms in total. The predicted octanol–water partition coefficient (Wildman–Crippen LogP) is 2.37. The standard InChI is InChI=1S/C12H17F3N2O2S/c1-17(9-10-3-5-11(16)6-4-10)20(18,19)8-2-7-12(13,14)15/h3-6H,2,7-9,16H2,1H3. The van der Waals surface area contributed by atoms with Gasteiger partial charge in [0.15, 0.2) is 0 Å². The molecule has 0 aliphatic carbocycles. The molecule has 0 saturated heterocycles. The molecular formula is C12H17F3N2O2S. The molecule has 1 rings (SSSR count). The molecule has 8 heteroatoms. The Balaban J connectivity index is 2.56. The summed E-state index contributed by atoms with van der Waals surface area (Å²) < 4.78 is 60.7. The van der Waals surface area contributed by atoms with Crippen LogP contribution in [0.1, 0.15) is 18.4 Å². The van der Waals surface area contributed by atoms with Crippen LogP contribution in [0.5, 0.6) is 0 Å². The van der Waals surface area contributed by atoms with Crippen LogP contribution in [0.4, 0.5) is 18.9 Å². The third kappa shape index (κ3) is 5.79. The van der Waals surface area contributed by atoms with E-state index in [9.17, 15) is 21.6 Å². The number of nitrogens with zero attached hydrogens (tertiary/aromatic N) is 1. The monoisotopic (exact) mass is 310 g/mol. The van der Waals surface area contributed by atoms with Gasteiger partial charge in [-0.1, -0.05) is 12.1 Å². The van der Waals surface area contributed by atoms with Gasteiger partial charge in [0.1, 0.15) is 0 Å². The highest BCUT2D eigenvalue weighted by Crippen LogP contribution is 2.22. The molecule has 0 aliphatic rings. The van der Waals surface area contributed by atoms with Gasteiger partial charge in [0.2, 0.25) is 10.0 Å². The van der Waals surface area contributed by atoms with Crippen LogP contribution in [-0.4, -0.2) is 31.7 Å². The topological polar surface area (TPSA) is 63.4 Å². The van der Waals surface area contributed by atoms with E-state index >= 15 is 0 Å². The van der Waals surface area contributed by atoms with Gasteiger partial charge in [-0.3, -0.25) is 0 Å². The van der Waals surface area contributed by atoms with E-state index in [-0.39, 0.29) is 6.54 Å².